The maximum absolute atomic E-state index is 11.8. The normalized spacial score (nSPS) is 22.1. The molecule has 1 aliphatic heterocycles. The summed E-state index contributed by atoms with van der Waals surface area (Å²) in [6.07, 6.45) is 1.61. The fraction of sp³-hybridized carbons (Fsp3) is 0.429. The smallest absolute Gasteiger partial charge is 0.313 e. The monoisotopic (exact) mass is 277 g/mol. The maximum atomic E-state index is 11.8. The van der Waals surface area contributed by atoms with Crippen LogP contribution in [0.25, 0.3) is 0 Å². The Hall–Kier alpha value is -2.08. The number of phenols is 1. The summed E-state index contributed by atoms with van der Waals surface area (Å²) >= 11 is 0. The molecular formula is C14H19N3O3. The molecule has 0 saturated carbocycles. The van der Waals surface area contributed by atoms with Gasteiger partial charge in [-0.25, -0.2) is 0 Å². The SMILES string of the molecule is CC1CC(NC(=O)C(=O)Nc2ccccc2O)CCN1. The molecule has 0 spiro atoms. The minimum atomic E-state index is -0.766. The van der Waals surface area contributed by atoms with Gasteiger partial charge in [-0.15, -0.1) is 0 Å². The van der Waals surface area contributed by atoms with Gasteiger partial charge < -0.3 is 21.1 Å². The van der Waals surface area contributed by atoms with E-state index in [1.807, 2.05) is 6.92 Å². The topological polar surface area (TPSA) is 90.5 Å². The van der Waals surface area contributed by atoms with Gasteiger partial charge in [0.2, 0.25) is 0 Å². The van der Waals surface area contributed by atoms with Crippen molar-refractivity contribution in [1.29, 1.82) is 0 Å². The number of carbonyl (C=O) groups is 2. The van der Waals surface area contributed by atoms with Crippen LogP contribution in [0.1, 0.15) is 19.8 Å². The average molecular weight is 277 g/mol. The quantitative estimate of drug-likeness (QED) is 0.470. The summed E-state index contributed by atoms with van der Waals surface area (Å²) in [7, 11) is 0. The Morgan fingerprint density at radius 3 is 2.75 bits per heavy atom. The Morgan fingerprint density at radius 1 is 1.30 bits per heavy atom. The Morgan fingerprint density at radius 2 is 2.05 bits per heavy atom. The number of anilines is 1. The molecule has 0 aliphatic carbocycles. The summed E-state index contributed by atoms with van der Waals surface area (Å²) in [6, 6.07) is 6.63. The van der Waals surface area contributed by atoms with Gasteiger partial charge in [0, 0.05) is 12.1 Å². The number of nitrogens with one attached hydrogen (secondary N) is 3. The first-order valence-corrected chi connectivity index (χ1v) is 6.69. The van der Waals surface area contributed by atoms with Crippen molar-refractivity contribution in [3.05, 3.63) is 24.3 Å². The molecule has 1 aromatic carbocycles. The number of amides is 2. The van der Waals surface area contributed by atoms with Crippen molar-refractivity contribution in [2.24, 2.45) is 0 Å². The first-order chi connectivity index (χ1) is 9.56. The number of piperidine rings is 1. The number of rotatable bonds is 2. The standard InChI is InChI=1S/C14H19N3O3/c1-9-8-10(6-7-15-9)16-13(19)14(20)17-11-4-2-3-5-12(11)18/h2-5,9-10,15,18H,6-8H2,1H3,(H,16,19)(H,17,20). The van der Waals surface area contributed by atoms with Crippen molar-refractivity contribution in [2.45, 2.75) is 31.8 Å². The number of hydrogen-bond donors (Lipinski definition) is 4. The van der Waals surface area contributed by atoms with E-state index in [9.17, 15) is 14.7 Å². The minimum Gasteiger partial charge on any atom is -0.506 e. The summed E-state index contributed by atoms with van der Waals surface area (Å²) in [5, 5.41) is 17.9. The highest BCUT2D eigenvalue weighted by Gasteiger charge is 2.23. The van der Waals surface area contributed by atoms with Crippen LogP contribution in [-0.4, -0.2) is 35.5 Å². The summed E-state index contributed by atoms with van der Waals surface area (Å²) in [4.78, 5) is 23.6. The lowest BCUT2D eigenvalue weighted by atomic mass is 10.0. The Labute approximate surface area is 117 Å². The minimum absolute atomic E-state index is 0.00821. The zero-order chi connectivity index (χ0) is 14.5. The van der Waals surface area contributed by atoms with E-state index in [0.29, 0.717) is 6.04 Å². The van der Waals surface area contributed by atoms with Crippen LogP contribution in [0.5, 0.6) is 5.75 Å². The fourth-order valence-corrected chi connectivity index (χ4v) is 2.27. The van der Waals surface area contributed by atoms with Gasteiger partial charge in [-0.1, -0.05) is 12.1 Å². The van der Waals surface area contributed by atoms with E-state index in [-0.39, 0.29) is 17.5 Å². The molecule has 2 atom stereocenters. The summed E-state index contributed by atoms with van der Waals surface area (Å²) < 4.78 is 0. The van der Waals surface area contributed by atoms with Crippen LogP contribution in [0.2, 0.25) is 0 Å². The van der Waals surface area contributed by atoms with E-state index >= 15 is 0 Å². The molecule has 4 N–H and O–H groups in total. The van der Waals surface area contributed by atoms with Gasteiger partial charge in [-0.3, -0.25) is 9.59 Å². The van der Waals surface area contributed by atoms with Gasteiger partial charge in [0.05, 0.1) is 5.69 Å². The molecular weight excluding hydrogens is 258 g/mol. The number of para-hydroxylation sites is 2. The molecule has 1 heterocycles. The van der Waals surface area contributed by atoms with Crippen LogP contribution in [0.3, 0.4) is 0 Å². The Balaban J connectivity index is 1.89. The van der Waals surface area contributed by atoms with Crippen LogP contribution in [0, 0.1) is 0 Å². The van der Waals surface area contributed by atoms with E-state index in [0.717, 1.165) is 19.4 Å². The van der Waals surface area contributed by atoms with Gasteiger partial charge in [0.15, 0.2) is 0 Å². The molecule has 1 saturated heterocycles. The molecule has 6 nitrogen and oxygen atoms in total. The zero-order valence-electron chi connectivity index (χ0n) is 11.3. The Bertz CT molecular complexity index is 504. The van der Waals surface area contributed by atoms with Crippen molar-refractivity contribution in [3.63, 3.8) is 0 Å². The summed E-state index contributed by atoms with van der Waals surface area (Å²) in [5.41, 5.74) is 0.228. The maximum Gasteiger partial charge on any atom is 0.313 e. The number of aromatic hydroxyl groups is 1. The van der Waals surface area contributed by atoms with Crippen LogP contribution in [0.4, 0.5) is 5.69 Å². The molecule has 2 unspecified atom stereocenters. The second-order valence-electron chi connectivity index (χ2n) is 5.02. The van der Waals surface area contributed by atoms with E-state index in [1.54, 1.807) is 12.1 Å². The van der Waals surface area contributed by atoms with Crippen LogP contribution >= 0.6 is 0 Å². The second-order valence-corrected chi connectivity index (χ2v) is 5.02. The first-order valence-electron chi connectivity index (χ1n) is 6.69. The summed E-state index contributed by atoms with van der Waals surface area (Å²) in [5.74, 6) is -1.51. The third-order valence-electron chi connectivity index (χ3n) is 3.32. The fourth-order valence-electron chi connectivity index (χ4n) is 2.27. The van der Waals surface area contributed by atoms with E-state index in [1.165, 1.54) is 12.1 Å². The van der Waals surface area contributed by atoms with E-state index < -0.39 is 11.8 Å². The summed E-state index contributed by atoms with van der Waals surface area (Å²) in [6.45, 7) is 2.87. The molecule has 1 fully saturated rings. The predicted molar refractivity (Wildman–Crippen MR) is 75.4 cm³/mol. The van der Waals surface area contributed by atoms with Crippen LogP contribution in [0.15, 0.2) is 24.3 Å². The van der Waals surface area contributed by atoms with Crippen molar-refractivity contribution >= 4 is 17.5 Å². The third-order valence-corrected chi connectivity index (χ3v) is 3.32. The molecule has 6 heteroatoms. The van der Waals surface area contributed by atoms with Crippen molar-refractivity contribution in [3.8, 4) is 5.75 Å². The highest BCUT2D eigenvalue weighted by Crippen LogP contribution is 2.21. The molecule has 2 amide bonds. The Kier molecular flexibility index (Phi) is 4.57. The molecule has 1 aromatic rings. The molecule has 108 valence electrons. The molecule has 1 aliphatic rings. The second kappa shape index (κ2) is 6.38. The number of carbonyl (C=O) groups excluding carboxylic acids is 2. The lowest BCUT2D eigenvalue weighted by Gasteiger charge is -2.28. The van der Waals surface area contributed by atoms with Crippen molar-refractivity contribution < 1.29 is 14.7 Å². The van der Waals surface area contributed by atoms with Gasteiger partial charge in [-0.2, -0.15) is 0 Å². The van der Waals surface area contributed by atoms with Gasteiger partial charge in [0.25, 0.3) is 0 Å². The average Bonchev–Trinajstić information content (AvgIpc) is 2.41. The largest absolute Gasteiger partial charge is 0.506 e. The van der Waals surface area contributed by atoms with Crippen LogP contribution < -0.4 is 16.0 Å². The third kappa shape index (κ3) is 3.71. The van der Waals surface area contributed by atoms with Crippen LogP contribution in [-0.2, 0) is 9.59 Å². The highest BCUT2D eigenvalue weighted by atomic mass is 16.3. The molecule has 0 aromatic heterocycles. The van der Waals surface area contributed by atoms with Gasteiger partial charge >= 0.3 is 11.8 Å². The predicted octanol–water partition coefficient (Wildman–Crippen LogP) is 0.587. The zero-order valence-corrected chi connectivity index (χ0v) is 11.3. The number of phenolic OH excluding ortho intramolecular Hbond substituents is 1. The van der Waals surface area contributed by atoms with E-state index in [4.69, 9.17) is 0 Å². The lowest BCUT2D eigenvalue weighted by molar-refractivity contribution is -0.136. The molecule has 0 radical (unpaired) electrons. The van der Waals surface area contributed by atoms with Gasteiger partial charge in [0.1, 0.15) is 5.75 Å². The van der Waals surface area contributed by atoms with Gasteiger partial charge in [-0.05, 0) is 38.4 Å². The van der Waals surface area contributed by atoms with E-state index in [2.05, 4.69) is 16.0 Å². The number of benzene rings is 1. The molecule has 0 bridgehead atoms. The first kappa shape index (κ1) is 14.3. The molecule has 20 heavy (non-hydrogen) atoms. The molecule has 2 rings (SSSR count). The lowest BCUT2D eigenvalue weighted by Crippen LogP contribution is -2.49. The highest BCUT2D eigenvalue weighted by molar-refractivity contribution is 6.39. The van der Waals surface area contributed by atoms with Crippen molar-refractivity contribution in [1.82, 2.24) is 10.6 Å². The number of hydrogen-bond acceptors (Lipinski definition) is 4. The van der Waals surface area contributed by atoms with Crippen molar-refractivity contribution in [2.75, 3.05) is 11.9 Å².